The van der Waals surface area contributed by atoms with Crippen LogP contribution in [0.15, 0.2) is 0 Å². The Bertz CT molecular complexity index is 239. The van der Waals surface area contributed by atoms with Crippen LogP contribution in [0, 0.1) is 0 Å². The summed E-state index contributed by atoms with van der Waals surface area (Å²) >= 11 is 0. The maximum absolute atomic E-state index is 9.94. The molecule has 21 heavy (non-hydrogen) atoms. The molecule has 0 aromatic rings. The Morgan fingerprint density at radius 2 is 1.24 bits per heavy atom. The van der Waals surface area contributed by atoms with Crippen molar-refractivity contribution >= 4 is 0 Å². The Balaban J connectivity index is 3.69. The van der Waals surface area contributed by atoms with Crippen LogP contribution in [0.2, 0.25) is 0 Å². The molecule has 0 aromatic heterocycles. The third-order valence-electron chi connectivity index (χ3n) is 3.37. The molecule has 7 nitrogen and oxygen atoms in total. The molecule has 0 amide bonds. The highest BCUT2D eigenvalue weighted by atomic mass is 16.8. The van der Waals surface area contributed by atoms with Gasteiger partial charge in [0.2, 0.25) is 0 Å². The third-order valence-corrected chi connectivity index (χ3v) is 3.37. The van der Waals surface area contributed by atoms with Crippen molar-refractivity contribution in [3.63, 3.8) is 0 Å². The Morgan fingerprint density at radius 1 is 0.905 bits per heavy atom. The van der Waals surface area contributed by atoms with Crippen LogP contribution >= 0.6 is 0 Å². The average Bonchev–Trinajstić information content (AvgIpc) is 2.38. The van der Waals surface area contributed by atoms with Gasteiger partial charge in [-0.2, -0.15) is 0 Å². The number of nitrogens with one attached hydrogen (secondary N) is 2. The Kier molecular flexibility index (Phi) is 10.3. The molecule has 0 aliphatic carbocycles. The van der Waals surface area contributed by atoms with Crippen LogP contribution in [-0.4, -0.2) is 87.7 Å². The highest BCUT2D eigenvalue weighted by molar-refractivity contribution is 4.58. The van der Waals surface area contributed by atoms with Gasteiger partial charge >= 0.3 is 0 Å². The van der Waals surface area contributed by atoms with E-state index in [9.17, 15) is 5.11 Å². The molecule has 0 radical (unpaired) electrons. The van der Waals surface area contributed by atoms with Crippen LogP contribution in [0.25, 0.3) is 0 Å². The molecule has 0 saturated carbocycles. The van der Waals surface area contributed by atoms with E-state index in [-0.39, 0.29) is 12.3 Å². The van der Waals surface area contributed by atoms with Gasteiger partial charge < -0.3 is 14.6 Å². The van der Waals surface area contributed by atoms with Crippen LogP contribution in [-0.2, 0) is 9.47 Å². The summed E-state index contributed by atoms with van der Waals surface area (Å²) in [6.45, 7) is 7.69. The number of hydrogen-bond acceptors (Lipinski definition) is 7. The molecule has 7 heteroatoms. The van der Waals surface area contributed by atoms with Gasteiger partial charge in [0, 0.05) is 20.0 Å². The van der Waals surface area contributed by atoms with Crippen molar-refractivity contribution in [1.29, 1.82) is 0 Å². The summed E-state index contributed by atoms with van der Waals surface area (Å²) in [5.41, 5.74) is 0. The molecule has 0 aromatic carbocycles. The molecule has 0 fully saturated rings. The van der Waals surface area contributed by atoms with E-state index in [1.165, 1.54) is 6.92 Å². The van der Waals surface area contributed by atoms with Gasteiger partial charge in [0.15, 0.2) is 0 Å². The van der Waals surface area contributed by atoms with Crippen molar-refractivity contribution in [3.8, 4) is 0 Å². The molecule has 0 aliphatic heterocycles. The van der Waals surface area contributed by atoms with Crippen LogP contribution in [0.1, 0.15) is 20.8 Å². The fourth-order valence-corrected chi connectivity index (χ4v) is 1.42. The van der Waals surface area contributed by atoms with Gasteiger partial charge in [0.05, 0.1) is 25.5 Å². The highest BCUT2D eigenvalue weighted by Crippen LogP contribution is 2.06. The minimum absolute atomic E-state index is 0.260. The lowest BCUT2D eigenvalue weighted by Gasteiger charge is -2.26. The van der Waals surface area contributed by atoms with Crippen LogP contribution in [0.5, 0.6) is 0 Å². The van der Waals surface area contributed by atoms with Gasteiger partial charge in [-0.3, -0.25) is 20.4 Å². The van der Waals surface area contributed by atoms with E-state index in [4.69, 9.17) is 9.47 Å². The Hall–Kier alpha value is -0.280. The second-order valence-electron chi connectivity index (χ2n) is 5.78. The maximum Gasteiger partial charge on any atom is 0.277 e. The van der Waals surface area contributed by atoms with Gasteiger partial charge in [0.25, 0.3) is 5.97 Å². The summed E-state index contributed by atoms with van der Waals surface area (Å²) in [5.74, 6) is -1.55. The average molecular weight is 306 g/mol. The number of nitrogens with zero attached hydrogens (tertiary/aromatic N) is 2. The predicted octanol–water partition coefficient (Wildman–Crippen LogP) is -0.320. The summed E-state index contributed by atoms with van der Waals surface area (Å²) in [6, 6.07) is 0. The Morgan fingerprint density at radius 3 is 1.52 bits per heavy atom. The first kappa shape index (κ1) is 20.7. The van der Waals surface area contributed by atoms with Crippen molar-refractivity contribution in [2.75, 3.05) is 54.5 Å². The summed E-state index contributed by atoms with van der Waals surface area (Å²) in [5, 5.41) is 16.5. The smallest absolute Gasteiger partial charge is 0.277 e. The van der Waals surface area contributed by atoms with Gasteiger partial charge in [-0.25, -0.2) is 0 Å². The van der Waals surface area contributed by atoms with Crippen molar-refractivity contribution in [1.82, 2.24) is 20.4 Å². The number of ether oxygens (including phenoxy) is 2. The fraction of sp³-hybridized carbons (Fsp3) is 1.00. The van der Waals surface area contributed by atoms with E-state index in [1.54, 1.807) is 0 Å². The predicted molar refractivity (Wildman–Crippen MR) is 84.8 cm³/mol. The fourth-order valence-electron chi connectivity index (χ4n) is 1.42. The molecule has 0 rings (SSSR count). The molecule has 0 saturated heterocycles. The molecular formula is C14H34N4O3. The molecule has 2 unspecified atom stereocenters. The second kappa shape index (κ2) is 10.4. The van der Waals surface area contributed by atoms with E-state index in [1.807, 2.05) is 28.2 Å². The molecule has 3 N–H and O–H groups in total. The normalized spacial score (nSPS) is 18.0. The molecule has 0 bridgehead atoms. The molecule has 0 spiro atoms. The summed E-state index contributed by atoms with van der Waals surface area (Å²) < 4.78 is 10.7. The van der Waals surface area contributed by atoms with E-state index in [0.29, 0.717) is 26.3 Å². The number of aliphatic hydroxyl groups is 1. The minimum atomic E-state index is -1.55. The summed E-state index contributed by atoms with van der Waals surface area (Å²) in [6.07, 6.45) is 0.521. The molecule has 0 aliphatic rings. The first-order valence-corrected chi connectivity index (χ1v) is 7.45. The lowest BCUT2D eigenvalue weighted by Crippen LogP contribution is -2.43. The monoisotopic (exact) mass is 306 g/mol. The van der Waals surface area contributed by atoms with Crippen LogP contribution in [0.4, 0.5) is 0 Å². The lowest BCUT2D eigenvalue weighted by molar-refractivity contribution is -0.347. The lowest BCUT2D eigenvalue weighted by atomic mass is 10.5. The zero-order valence-corrected chi connectivity index (χ0v) is 14.6. The first-order chi connectivity index (χ1) is 9.65. The molecule has 0 heterocycles. The van der Waals surface area contributed by atoms with Gasteiger partial charge in [-0.15, -0.1) is 0 Å². The number of hydrogen-bond donors (Lipinski definition) is 3. The molecular weight excluding hydrogens is 272 g/mol. The van der Waals surface area contributed by atoms with Crippen LogP contribution < -0.4 is 10.6 Å². The van der Waals surface area contributed by atoms with E-state index in [2.05, 4.69) is 34.3 Å². The maximum atomic E-state index is 9.94. The summed E-state index contributed by atoms with van der Waals surface area (Å²) in [7, 11) is 8.00. The van der Waals surface area contributed by atoms with E-state index in [0.717, 1.165) is 0 Å². The number of rotatable bonds is 12. The van der Waals surface area contributed by atoms with Crippen molar-refractivity contribution < 1.29 is 14.6 Å². The molecule has 2 atom stereocenters. The Labute approximate surface area is 129 Å². The van der Waals surface area contributed by atoms with E-state index < -0.39 is 5.97 Å². The SMILES string of the molecule is CC(NCCOC(C)(O)OCCNC(C)N(C)C)N(C)C. The van der Waals surface area contributed by atoms with Crippen molar-refractivity contribution in [3.05, 3.63) is 0 Å². The largest absolute Gasteiger partial charge is 0.344 e. The first-order valence-electron chi connectivity index (χ1n) is 7.45. The quantitative estimate of drug-likeness (QED) is 0.337. The van der Waals surface area contributed by atoms with E-state index >= 15 is 0 Å². The summed E-state index contributed by atoms with van der Waals surface area (Å²) in [4.78, 5) is 4.12. The van der Waals surface area contributed by atoms with Gasteiger partial charge in [-0.05, 0) is 42.0 Å². The highest BCUT2D eigenvalue weighted by Gasteiger charge is 2.21. The zero-order chi connectivity index (χ0) is 16.5. The minimum Gasteiger partial charge on any atom is -0.344 e. The van der Waals surface area contributed by atoms with Crippen molar-refractivity contribution in [2.24, 2.45) is 0 Å². The second-order valence-corrected chi connectivity index (χ2v) is 5.78. The van der Waals surface area contributed by atoms with Gasteiger partial charge in [0.1, 0.15) is 0 Å². The zero-order valence-electron chi connectivity index (χ0n) is 14.6. The van der Waals surface area contributed by atoms with Crippen LogP contribution in [0.3, 0.4) is 0 Å². The topological polar surface area (TPSA) is 69.2 Å². The standard InChI is InChI=1S/C14H34N4O3/c1-12(17(4)5)15-8-10-20-14(3,19)21-11-9-16-13(2)18(6)7/h12-13,15-16,19H,8-11H2,1-7H3. The van der Waals surface area contributed by atoms with Crippen molar-refractivity contribution in [2.45, 2.75) is 39.1 Å². The van der Waals surface area contributed by atoms with Gasteiger partial charge in [-0.1, -0.05) is 0 Å². The molecule has 128 valence electrons. The third kappa shape index (κ3) is 11.0.